The number of benzene rings is 2. The molecule has 172 valence electrons. The molecule has 0 aliphatic carbocycles. The Morgan fingerprint density at radius 2 is 1.88 bits per heavy atom. The summed E-state index contributed by atoms with van der Waals surface area (Å²) in [5.74, 6) is -0.216. The van der Waals surface area contributed by atoms with E-state index in [9.17, 15) is 14.0 Å². The van der Waals surface area contributed by atoms with Crippen LogP contribution in [0.5, 0.6) is 0 Å². The lowest BCUT2D eigenvalue weighted by Crippen LogP contribution is -2.41. The zero-order valence-corrected chi connectivity index (χ0v) is 19.1. The quantitative estimate of drug-likeness (QED) is 0.601. The maximum Gasteiger partial charge on any atom is 0.257 e. The van der Waals surface area contributed by atoms with Gasteiger partial charge in [0.05, 0.1) is 5.69 Å². The van der Waals surface area contributed by atoms with Crippen molar-refractivity contribution in [1.82, 2.24) is 19.8 Å². The van der Waals surface area contributed by atoms with E-state index in [1.165, 1.54) is 22.3 Å². The average Bonchev–Trinajstić information content (AvgIpc) is 2.82. The summed E-state index contributed by atoms with van der Waals surface area (Å²) in [6.45, 7) is 5.86. The van der Waals surface area contributed by atoms with Crippen LogP contribution in [0.4, 0.5) is 4.39 Å². The normalized spacial score (nSPS) is 14.5. The molecule has 1 unspecified atom stereocenters. The summed E-state index contributed by atoms with van der Waals surface area (Å²) in [6.07, 6.45) is 1.37. The number of carbonyl (C=O) groups excluding carboxylic acids is 1. The predicted octanol–water partition coefficient (Wildman–Crippen LogP) is 3.52. The Balaban J connectivity index is 1.69. The lowest BCUT2D eigenvalue weighted by Gasteiger charge is -2.29. The van der Waals surface area contributed by atoms with E-state index in [2.05, 4.69) is 22.3 Å². The van der Waals surface area contributed by atoms with Crippen molar-refractivity contribution < 1.29 is 9.18 Å². The molecule has 0 saturated carbocycles. The number of carbonyl (C=O) groups is 1. The van der Waals surface area contributed by atoms with Gasteiger partial charge in [0, 0.05) is 36.8 Å². The molecule has 1 N–H and O–H groups in total. The molecule has 1 aromatic heterocycles. The molecule has 0 fully saturated rings. The highest BCUT2D eigenvalue weighted by molar-refractivity contribution is 5.76. The fourth-order valence-electron chi connectivity index (χ4n) is 4.09. The number of rotatable bonds is 7. The second-order valence-corrected chi connectivity index (χ2v) is 8.58. The highest BCUT2D eigenvalue weighted by Gasteiger charge is 2.25. The maximum atomic E-state index is 13.5. The monoisotopic (exact) mass is 448 g/mol. The van der Waals surface area contributed by atoms with Crippen molar-refractivity contribution in [3.8, 4) is 11.4 Å². The van der Waals surface area contributed by atoms with Crippen molar-refractivity contribution in [1.29, 1.82) is 0 Å². The summed E-state index contributed by atoms with van der Waals surface area (Å²) in [6, 6.07) is 16.1. The molecule has 1 aliphatic rings. The van der Waals surface area contributed by atoms with Gasteiger partial charge < -0.3 is 5.32 Å². The third kappa shape index (κ3) is 5.37. The van der Waals surface area contributed by atoms with Crippen LogP contribution in [0.2, 0.25) is 0 Å². The van der Waals surface area contributed by atoms with E-state index >= 15 is 0 Å². The van der Waals surface area contributed by atoms with E-state index < -0.39 is 0 Å². The molecular weight excluding hydrogens is 419 g/mol. The molecule has 0 spiro atoms. The van der Waals surface area contributed by atoms with Crippen LogP contribution >= 0.6 is 0 Å². The first-order valence-corrected chi connectivity index (χ1v) is 11.4. The van der Waals surface area contributed by atoms with Gasteiger partial charge in [0.1, 0.15) is 18.2 Å². The van der Waals surface area contributed by atoms with Crippen molar-refractivity contribution in [2.45, 2.75) is 52.4 Å². The number of fused-ring (bicyclic) bond motifs is 1. The predicted molar refractivity (Wildman–Crippen MR) is 126 cm³/mol. The van der Waals surface area contributed by atoms with E-state index in [0.717, 1.165) is 25.2 Å². The number of hydrogen-bond acceptors (Lipinski definition) is 4. The molecule has 33 heavy (non-hydrogen) atoms. The minimum absolute atomic E-state index is 0.0135. The van der Waals surface area contributed by atoms with Crippen molar-refractivity contribution in [3.05, 3.63) is 87.6 Å². The number of aromatic nitrogens is 2. The van der Waals surface area contributed by atoms with Crippen molar-refractivity contribution in [2.24, 2.45) is 0 Å². The van der Waals surface area contributed by atoms with Gasteiger partial charge in [-0.1, -0.05) is 37.3 Å². The summed E-state index contributed by atoms with van der Waals surface area (Å²) in [5.41, 5.74) is 2.99. The molecule has 1 atom stereocenters. The summed E-state index contributed by atoms with van der Waals surface area (Å²) in [7, 11) is 0. The van der Waals surface area contributed by atoms with Gasteiger partial charge in [-0.05, 0) is 49.6 Å². The van der Waals surface area contributed by atoms with Gasteiger partial charge in [0.25, 0.3) is 5.56 Å². The van der Waals surface area contributed by atoms with Crippen LogP contribution in [0.1, 0.15) is 37.1 Å². The van der Waals surface area contributed by atoms with Crippen molar-refractivity contribution in [2.75, 3.05) is 6.54 Å². The number of nitrogens with one attached hydrogen (secondary N) is 1. The zero-order valence-electron chi connectivity index (χ0n) is 19.1. The van der Waals surface area contributed by atoms with Gasteiger partial charge in [-0.2, -0.15) is 0 Å². The van der Waals surface area contributed by atoms with Gasteiger partial charge in [-0.15, -0.1) is 0 Å². The Morgan fingerprint density at radius 1 is 1.15 bits per heavy atom. The third-order valence-corrected chi connectivity index (χ3v) is 6.07. The van der Waals surface area contributed by atoms with E-state index in [4.69, 9.17) is 4.98 Å². The maximum absolute atomic E-state index is 13.5. The van der Waals surface area contributed by atoms with Crippen LogP contribution < -0.4 is 10.9 Å². The Bertz CT molecular complexity index is 1180. The van der Waals surface area contributed by atoms with Gasteiger partial charge >= 0.3 is 0 Å². The van der Waals surface area contributed by atoms with Gasteiger partial charge in [-0.3, -0.25) is 19.1 Å². The molecule has 1 amide bonds. The van der Waals surface area contributed by atoms with Crippen molar-refractivity contribution in [3.63, 3.8) is 0 Å². The number of nitrogens with zero attached hydrogens (tertiary/aromatic N) is 3. The second kappa shape index (κ2) is 10.1. The smallest absolute Gasteiger partial charge is 0.257 e. The lowest BCUT2D eigenvalue weighted by atomic mass is 10.0. The SMILES string of the molecule is CCC(C)NC(=O)Cn1c(-c2ccc(F)cc2)nc2c(c1=O)CCN(Cc1ccccc1)C2. The Morgan fingerprint density at radius 3 is 2.58 bits per heavy atom. The fraction of sp³-hybridized carbons (Fsp3) is 0.346. The molecule has 7 heteroatoms. The minimum atomic E-state index is -0.367. The van der Waals surface area contributed by atoms with Crippen LogP contribution in [-0.4, -0.2) is 32.9 Å². The molecule has 0 radical (unpaired) electrons. The van der Waals surface area contributed by atoms with Gasteiger partial charge in [0.15, 0.2) is 0 Å². The second-order valence-electron chi connectivity index (χ2n) is 8.58. The van der Waals surface area contributed by atoms with E-state index in [1.807, 2.05) is 32.0 Å². The summed E-state index contributed by atoms with van der Waals surface area (Å²) in [5, 5.41) is 2.91. The van der Waals surface area contributed by atoms with E-state index in [-0.39, 0.29) is 29.9 Å². The van der Waals surface area contributed by atoms with Gasteiger partial charge in [0.2, 0.25) is 5.91 Å². The molecule has 0 bridgehead atoms. The standard InChI is InChI=1S/C26H29FN4O2/c1-3-18(2)28-24(32)17-31-25(20-9-11-21(27)12-10-20)29-23-16-30(14-13-22(23)26(31)33)15-19-7-5-4-6-8-19/h4-12,18H,3,13-17H2,1-2H3,(H,28,32). The largest absolute Gasteiger partial charge is 0.352 e. The third-order valence-electron chi connectivity index (χ3n) is 6.07. The first-order valence-electron chi connectivity index (χ1n) is 11.4. The zero-order chi connectivity index (χ0) is 23.4. The molecule has 4 rings (SSSR count). The highest BCUT2D eigenvalue weighted by Crippen LogP contribution is 2.22. The molecule has 1 aliphatic heterocycles. The van der Waals surface area contributed by atoms with Crippen LogP contribution in [-0.2, 0) is 30.8 Å². The molecular formula is C26H29FN4O2. The first-order chi connectivity index (χ1) is 15.9. The minimum Gasteiger partial charge on any atom is -0.352 e. The molecule has 2 aromatic carbocycles. The number of amides is 1. The molecule has 3 aromatic rings. The summed E-state index contributed by atoms with van der Waals surface area (Å²) < 4.78 is 15.0. The van der Waals surface area contributed by atoms with E-state index in [1.54, 1.807) is 12.1 Å². The van der Waals surface area contributed by atoms with Crippen LogP contribution in [0.3, 0.4) is 0 Å². The van der Waals surface area contributed by atoms with Crippen molar-refractivity contribution >= 4 is 5.91 Å². The molecule has 6 nitrogen and oxygen atoms in total. The molecule has 0 saturated heterocycles. The Hall–Kier alpha value is -3.32. The summed E-state index contributed by atoms with van der Waals surface area (Å²) in [4.78, 5) is 33.2. The van der Waals surface area contributed by atoms with Crippen LogP contribution in [0, 0.1) is 5.82 Å². The number of hydrogen-bond donors (Lipinski definition) is 1. The summed E-state index contributed by atoms with van der Waals surface area (Å²) >= 11 is 0. The Kier molecular flexibility index (Phi) is 6.99. The topological polar surface area (TPSA) is 67.2 Å². The van der Waals surface area contributed by atoms with Crippen LogP contribution in [0.15, 0.2) is 59.4 Å². The lowest BCUT2D eigenvalue weighted by molar-refractivity contribution is -0.122. The molecule has 2 heterocycles. The average molecular weight is 449 g/mol. The fourth-order valence-corrected chi connectivity index (χ4v) is 4.09. The Labute approximate surface area is 193 Å². The highest BCUT2D eigenvalue weighted by atomic mass is 19.1. The van der Waals surface area contributed by atoms with Crippen LogP contribution in [0.25, 0.3) is 11.4 Å². The van der Waals surface area contributed by atoms with Gasteiger partial charge in [-0.25, -0.2) is 9.37 Å². The first kappa shape index (κ1) is 22.9. The number of halogens is 1. The van der Waals surface area contributed by atoms with E-state index in [0.29, 0.717) is 29.9 Å².